The number of benzene rings is 1. The fourth-order valence-corrected chi connectivity index (χ4v) is 6.07. The Morgan fingerprint density at radius 2 is 1.70 bits per heavy atom. The predicted molar refractivity (Wildman–Crippen MR) is 178 cm³/mol. The molecule has 0 spiro atoms. The quantitative estimate of drug-likeness (QED) is 0.218. The summed E-state index contributed by atoms with van der Waals surface area (Å²) in [6.07, 6.45) is 3.71. The van der Waals surface area contributed by atoms with Gasteiger partial charge in [-0.1, -0.05) is 29.9 Å². The number of ether oxygens (including phenoxy) is 7. The van der Waals surface area contributed by atoms with Crippen molar-refractivity contribution in [2.45, 2.75) is 110 Å². The van der Waals surface area contributed by atoms with Gasteiger partial charge in [0.05, 0.1) is 31.8 Å². The molecule has 4 unspecified atom stereocenters. The average Bonchev–Trinajstić information content (AvgIpc) is 3.00. The van der Waals surface area contributed by atoms with E-state index in [0.717, 1.165) is 41.0 Å². The summed E-state index contributed by atoms with van der Waals surface area (Å²) in [7, 11) is 8.95. The van der Waals surface area contributed by atoms with Crippen molar-refractivity contribution in [3.8, 4) is 5.75 Å². The van der Waals surface area contributed by atoms with E-state index >= 15 is 0 Å². The Kier molecular flexibility index (Phi) is 14.9. The number of carbonyl (C=O) groups is 1. The number of allylic oxidation sites excluding steroid dienone is 5. The van der Waals surface area contributed by atoms with Gasteiger partial charge in [0.1, 0.15) is 18.0 Å². The van der Waals surface area contributed by atoms with Crippen molar-refractivity contribution in [2.75, 3.05) is 42.0 Å². The van der Waals surface area contributed by atoms with Crippen LogP contribution in [0.2, 0.25) is 0 Å². The first-order valence-electron chi connectivity index (χ1n) is 16.1. The number of carbonyl (C=O) groups excluding carboxylic acids is 1. The van der Waals surface area contributed by atoms with E-state index in [2.05, 4.69) is 45.0 Å². The lowest BCUT2D eigenvalue weighted by atomic mass is 9.91. The summed E-state index contributed by atoms with van der Waals surface area (Å²) in [5, 5.41) is 9.97. The number of rotatable bonds is 14. The first-order chi connectivity index (χ1) is 21.9. The summed E-state index contributed by atoms with van der Waals surface area (Å²) < 4.78 is 41.1. The number of aliphatic hydroxyl groups excluding tert-OH is 1. The second kappa shape index (κ2) is 18.1. The summed E-state index contributed by atoms with van der Waals surface area (Å²) in [6.45, 7) is 10.8. The van der Waals surface area contributed by atoms with Crippen LogP contribution in [0, 0.1) is 0 Å². The highest BCUT2D eigenvalue weighted by Gasteiger charge is 2.44. The number of hydrogen-bond donors (Lipinski definition) is 1. The van der Waals surface area contributed by atoms with E-state index < -0.39 is 43.1 Å². The maximum atomic E-state index is 13.4. The maximum absolute atomic E-state index is 13.4. The molecule has 0 amide bonds. The molecule has 2 aliphatic rings. The molecule has 0 bridgehead atoms. The number of aliphatic hydroxyl groups is 1. The summed E-state index contributed by atoms with van der Waals surface area (Å²) in [5.41, 5.74) is 5.10. The molecule has 0 aromatic heterocycles. The van der Waals surface area contributed by atoms with E-state index in [1.807, 2.05) is 45.0 Å². The van der Waals surface area contributed by atoms with Gasteiger partial charge in [-0.3, -0.25) is 4.79 Å². The molecule has 0 radical (unpaired) electrons. The molecular formula is C36H55NO9. The molecule has 2 aliphatic heterocycles. The Morgan fingerprint density at radius 1 is 1.02 bits per heavy atom. The number of hydrogen-bond acceptors (Lipinski definition) is 10. The van der Waals surface area contributed by atoms with Gasteiger partial charge >= 0.3 is 5.97 Å². The summed E-state index contributed by atoms with van der Waals surface area (Å²) in [5.74, 6) is 0.355. The zero-order valence-electron chi connectivity index (χ0n) is 29.3. The Labute approximate surface area is 275 Å². The first-order valence-corrected chi connectivity index (χ1v) is 16.1. The fourth-order valence-electron chi connectivity index (χ4n) is 6.07. The van der Waals surface area contributed by atoms with Gasteiger partial charge in [-0.15, -0.1) is 0 Å². The molecule has 46 heavy (non-hydrogen) atoms. The Balaban J connectivity index is 1.77. The van der Waals surface area contributed by atoms with E-state index in [4.69, 9.17) is 33.2 Å². The van der Waals surface area contributed by atoms with Gasteiger partial charge in [0.25, 0.3) is 0 Å². The van der Waals surface area contributed by atoms with Gasteiger partial charge in [0.2, 0.25) is 0 Å². The molecule has 0 aliphatic carbocycles. The third-order valence-electron chi connectivity index (χ3n) is 8.43. The Morgan fingerprint density at radius 3 is 2.30 bits per heavy atom. The van der Waals surface area contributed by atoms with Crippen LogP contribution in [-0.4, -0.2) is 107 Å². The molecule has 2 saturated heterocycles. The monoisotopic (exact) mass is 645 g/mol. The van der Waals surface area contributed by atoms with Gasteiger partial charge in [0, 0.05) is 39.2 Å². The highest BCUT2D eigenvalue weighted by molar-refractivity contribution is 5.86. The molecule has 1 aromatic rings. The smallest absolute Gasteiger partial charge is 0.310 e. The lowest BCUT2D eigenvalue weighted by molar-refractivity contribution is -0.311. The van der Waals surface area contributed by atoms with Crippen LogP contribution in [0.25, 0.3) is 5.57 Å². The normalized spacial score (nSPS) is 28.8. The van der Waals surface area contributed by atoms with E-state index in [-0.39, 0.29) is 18.5 Å². The molecule has 1 aromatic carbocycles. The van der Waals surface area contributed by atoms with Gasteiger partial charge in [-0.25, -0.2) is 0 Å². The highest BCUT2D eigenvalue weighted by atomic mass is 16.7. The molecule has 258 valence electrons. The minimum Gasteiger partial charge on any atom is -0.496 e. The molecule has 0 saturated carbocycles. The highest BCUT2D eigenvalue weighted by Crippen LogP contribution is 2.35. The van der Waals surface area contributed by atoms with Crippen LogP contribution in [0.5, 0.6) is 5.75 Å². The van der Waals surface area contributed by atoms with Crippen LogP contribution in [-0.2, 0) is 39.6 Å². The fraction of sp³-hybridized carbons (Fsp3) is 0.639. The number of methoxy groups -OCH3 is 3. The van der Waals surface area contributed by atoms with Crippen molar-refractivity contribution in [3.05, 3.63) is 58.7 Å². The third kappa shape index (κ3) is 10.2. The van der Waals surface area contributed by atoms with Gasteiger partial charge in [-0.05, 0) is 84.0 Å². The number of esters is 1. The lowest BCUT2D eigenvalue weighted by Crippen LogP contribution is -2.55. The van der Waals surface area contributed by atoms with Crippen molar-refractivity contribution < 1.29 is 43.1 Å². The van der Waals surface area contributed by atoms with E-state index in [9.17, 15) is 9.90 Å². The maximum Gasteiger partial charge on any atom is 0.310 e. The van der Waals surface area contributed by atoms with Crippen LogP contribution >= 0.6 is 0 Å². The van der Waals surface area contributed by atoms with Gasteiger partial charge in [0.15, 0.2) is 18.7 Å². The van der Waals surface area contributed by atoms with Crippen molar-refractivity contribution in [1.82, 2.24) is 4.90 Å². The standard InChI is InChI=1S/C36H55NO9/c1-11-13-26(22(2)3)27(14-12-17-37(6)7)28-18-25(15-16-29(28)40-8)19-32(38)45-35-24(5)44-34(21-31(35)42-10)46-36-23(4)43-33(39)20-30(36)41-9/h11,13-16,18,23-24,30-31,33-36,39H,12,17,19-21H2,1-10H3/b13-11-,27-14-/t23?,24?,30?,31?,33-,34+,35+,36+/m1/s1. The topological polar surface area (TPSA) is 105 Å². The van der Waals surface area contributed by atoms with Crippen LogP contribution in [0.3, 0.4) is 0 Å². The third-order valence-corrected chi connectivity index (χ3v) is 8.43. The van der Waals surface area contributed by atoms with Crippen molar-refractivity contribution in [3.63, 3.8) is 0 Å². The lowest BCUT2D eigenvalue weighted by Gasteiger charge is -2.43. The summed E-state index contributed by atoms with van der Waals surface area (Å²) in [4.78, 5) is 15.5. The summed E-state index contributed by atoms with van der Waals surface area (Å²) >= 11 is 0. The SMILES string of the molecule is C/C=C\C(=C(C)C)/C(=C/CCN(C)C)c1cc(CC(=O)O[C@H]2C(C)O[C@@H](O[C@H]3C(C)O[C@@H](O)CC3OC)CC2OC)ccc1OC. The molecular weight excluding hydrogens is 590 g/mol. The summed E-state index contributed by atoms with van der Waals surface area (Å²) in [6, 6.07) is 5.82. The van der Waals surface area contributed by atoms with Gasteiger partial charge < -0.3 is 43.2 Å². The van der Waals surface area contributed by atoms with Crippen molar-refractivity contribution >= 4 is 11.5 Å². The largest absolute Gasteiger partial charge is 0.496 e. The molecule has 1 N–H and O–H groups in total. The second-order valence-corrected chi connectivity index (χ2v) is 12.5. The molecule has 2 heterocycles. The van der Waals surface area contributed by atoms with Crippen LogP contribution in [0.4, 0.5) is 0 Å². The zero-order chi connectivity index (χ0) is 34.0. The minimum absolute atomic E-state index is 0.0735. The predicted octanol–water partition coefficient (Wildman–Crippen LogP) is 5.07. The average molecular weight is 646 g/mol. The van der Waals surface area contributed by atoms with Crippen molar-refractivity contribution in [2.24, 2.45) is 0 Å². The number of nitrogens with zero attached hydrogens (tertiary/aromatic N) is 1. The van der Waals surface area contributed by atoms with Crippen LogP contribution in [0.15, 0.2) is 47.6 Å². The zero-order valence-corrected chi connectivity index (χ0v) is 29.3. The van der Waals surface area contributed by atoms with Crippen LogP contribution < -0.4 is 4.74 Å². The molecule has 3 rings (SSSR count). The Bertz CT molecular complexity index is 1220. The van der Waals surface area contributed by atoms with Crippen molar-refractivity contribution in [1.29, 1.82) is 0 Å². The first kappa shape index (κ1) is 37.9. The molecule has 10 heteroatoms. The molecule has 10 nitrogen and oxygen atoms in total. The van der Waals surface area contributed by atoms with E-state index in [1.165, 1.54) is 5.57 Å². The van der Waals surface area contributed by atoms with E-state index in [0.29, 0.717) is 12.8 Å². The molecule has 2 fully saturated rings. The van der Waals surface area contributed by atoms with E-state index in [1.54, 1.807) is 21.3 Å². The van der Waals surface area contributed by atoms with Gasteiger partial charge in [-0.2, -0.15) is 0 Å². The molecule has 8 atom stereocenters. The minimum atomic E-state index is -0.906. The Hall–Kier alpha value is -2.57. The van der Waals surface area contributed by atoms with Crippen LogP contribution in [0.1, 0.15) is 65.0 Å². The second-order valence-electron chi connectivity index (χ2n) is 12.5.